The zero-order valence-corrected chi connectivity index (χ0v) is 12.4. The highest BCUT2D eigenvalue weighted by atomic mass is 79.9. The van der Waals surface area contributed by atoms with E-state index in [2.05, 4.69) is 27.3 Å². The third-order valence-corrected chi connectivity index (χ3v) is 3.67. The van der Waals surface area contributed by atoms with Gasteiger partial charge in [0.25, 0.3) is 5.91 Å². The summed E-state index contributed by atoms with van der Waals surface area (Å²) in [4.78, 5) is 11.9. The number of hydrogen-bond acceptors (Lipinski definition) is 1. The molecule has 0 spiro atoms. The van der Waals surface area contributed by atoms with Crippen LogP contribution in [-0.4, -0.2) is 12.5 Å². The molecule has 18 heavy (non-hydrogen) atoms. The van der Waals surface area contributed by atoms with Crippen LogP contribution in [0.4, 0.5) is 0 Å². The van der Waals surface area contributed by atoms with Crippen molar-refractivity contribution in [2.24, 2.45) is 0 Å². The van der Waals surface area contributed by atoms with Crippen LogP contribution in [-0.2, 0) is 0 Å². The number of nitrogens with one attached hydrogen (secondary N) is 1. The Morgan fingerprint density at radius 1 is 1.39 bits per heavy atom. The summed E-state index contributed by atoms with van der Waals surface area (Å²) in [6.07, 6.45) is 6.85. The second-order valence-corrected chi connectivity index (χ2v) is 5.77. The fourth-order valence-corrected chi connectivity index (χ4v) is 2.95. The summed E-state index contributed by atoms with van der Waals surface area (Å²) in [6.45, 7) is 0.689. The molecule has 0 heterocycles. The molecule has 0 saturated carbocycles. The van der Waals surface area contributed by atoms with Crippen molar-refractivity contribution < 1.29 is 4.79 Å². The van der Waals surface area contributed by atoms with Gasteiger partial charge in [-0.05, 0) is 43.9 Å². The van der Waals surface area contributed by atoms with Crippen LogP contribution in [0.3, 0.4) is 0 Å². The van der Waals surface area contributed by atoms with Gasteiger partial charge in [0.05, 0.1) is 0 Å². The molecule has 0 aliphatic heterocycles. The zero-order chi connectivity index (χ0) is 13.0. The molecule has 0 radical (unpaired) electrons. The molecule has 2 nitrogen and oxygen atoms in total. The van der Waals surface area contributed by atoms with Gasteiger partial charge in [-0.2, -0.15) is 0 Å². The Morgan fingerprint density at radius 3 is 2.89 bits per heavy atom. The van der Waals surface area contributed by atoms with Crippen LogP contribution >= 0.6 is 27.5 Å². The molecule has 0 aromatic heterocycles. The number of carbonyl (C=O) groups excluding carboxylic acids is 1. The minimum atomic E-state index is -0.0724. The lowest BCUT2D eigenvalue weighted by Crippen LogP contribution is -2.24. The Morgan fingerprint density at radius 2 is 2.22 bits per heavy atom. The van der Waals surface area contributed by atoms with Gasteiger partial charge in [-0.3, -0.25) is 4.79 Å². The van der Waals surface area contributed by atoms with Gasteiger partial charge < -0.3 is 5.32 Å². The SMILES string of the molecule is O=C(NCCC1=CCCC1)c1cc(Cl)cc(Br)c1. The Kier molecular flexibility index (Phi) is 4.84. The fourth-order valence-electron chi connectivity index (χ4n) is 2.09. The van der Waals surface area contributed by atoms with Crippen molar-refractivity contribution in [2.45, 2.75) is 25.7 Å². The summed E-state index contributed by atoms with van der Waals surface area (Å²) < 4.78 is 0.818. The fraction of sp³-hybridized carbons (Fsp3) is 0.357. The average molecular weight is 329 g/mol. The Hall–Kier alpha value is -0.800. The van der Waals surface area contributed by atoms with Crippen LogP contribution in [0.15, 0.2) is 34.3 Å². The predicted molar refractivity (Wildman–Crippen MR) is 78.0 cm³/mol. The maximum atomic E-state index is 11.9. The van der Waals surface area contributed by atoms with E-state index in [4.69, 9.17) is 11.6 Å². The van der Waals surface area contributed by atoms with Gasteiger partial charge in [0.1, 0.15) is 0 Å². The van der Waals surface area contributed by atoms with Crippen molar-refractivity contribution in [3.8, 4) is 0 Å². The van der Waals surface area contributed by atoms with E-state index in [1.54, 1.807) is 18.2 Å². The molecule has 1 amide bonds. The van der Waals surface area contributed by atoms with Crippen LogP contribution in [0.5, 0.6) is 0 Å². The van der Waals surface area contributed by atoms with Crippen molar-refractivity contribution in [1.29, 1.82) is 0 Å². The van der Waals surface area contributed by atoms with Crippen molar-refractivity contribution in [3.05, 3.63) is 44.9 Å². The lowest BCUT2D eigenvalue weighted by Gasteiger charge is -2.06. The molecule has 1 aliphatic rings. The second-order valence-electron chi connectivity index (χ2n) is 4.42. The number of amides is 1. The van der Waals surface area contributed by atoms with Gasteiger partial charge in [-0.15, -0.1) is 0 Å². The lowest BCUT2D eigenvalue weighted by molar-refractivity contribution is 0.0954. The molecule has 2 rings (SSSR count). The summed E-state index contributed by atoms with van der Waals surface area (Å²) in [7, 11) is 0. The maximum Gasteiger partial charge on any atom is 0.251 e. The molecular weight excluding hydrogens is 314 g/mol. The summed E-state index contributed by atoms with van der Waals surface area (Å²) in [6, 6.07) is 5.22. The third kappa shape index (κ3) is 3.85. The van der Waals surface area contributed by atoms with E-state index in [1.165, 1.54) is 24.8 Å². The van der Waals surface area contributed by atoms with E-state index in [1.807, 2.05) is 0 Å². The van der Waals surface area contributed by atoms with Gasteiger partial charge in [0.2, 0.25) is 0 Å². The Balaban J connectivity index is 1.87. The van der Waals surface area contributed by atoms with Crippen molar-refractivity contribution >= 4 is 33.4 Å². The van der Waals surface area contributed by atoms with E-state index < -0.39 is 0 Å². The molecule has 0 fully saturated rings. The molecule has 1 aliphatic carbocycles. The van der Waals surface area contributed by atoms with Gasteiger partial charge in [-0.1, -0.05) is 39.2 Å². The summed E-state index contributed by atoms with van der Waals surface area (Å²) in [5.74, 6) is -0.0724. The smallest absolute Gasteiger partial charge is 0.251 e. The molecule has 0 unspecified atom stereocenters. The molecule has 0 atom stereocenters. The molecule has 1 aromatic rings. The summed E-state index contributed by atoms with van der Waals surface area (Å²) in [5, 5.41) is 3.48. The quantitative estimate of drug-likeness (QED) is 0.819. The minimum absolute atomic E-state index is 0.0724. The average Bonchev–Trinajstić information content (AvgIpc) is 2.80. The molecule has 96 valence electrons. The largest absolute Gasteiger partial charge is 0.352 e. The highest BCUT2D eigenvalue weighted by molar-refractivity contribution is 9.10. The zero-order valence-electron chi connectivity index (χ0n) is 10.0. The standard InChI is InChI=1S/C14H15BrClNO/c15-12-7-11(8-13(16)9-12)14(18)17-6-5-10-3-1-2-4-10/h3,7-9H,1-2,4-6H2,(H,17,18). The van der Waals surface area contributed by atoms with Crippen molar-refractivity contribution in [2.75, 3.05) is 6.54 Å². The first kappa shape index (κ1) is 13.6. The van der Waals surface area contributed by atoms with Crippen LogP contribution in [0.2, 0.25) is 5.02 Å². The highest BCUT2D eigenvalue weighted by Gasteiger charge is 2.08. The van der Waals surface area contributed by atoms with Crippen LogP contribution in [0.1, 0.15) is 36.0 Å². The topological polar surface area (TPSA) is 29.1 Å². The van der Waals surface area contributed by atoms with E-state index in [9.17, 15) is 4.79 Å². The highest BCUT2D eigenvalue weighted by Crippen LogP contribution is 2.21. The molecule has 4 heteroatoms. The van der Waals surface area contributed by atoms with E-state index >= 15 is 0 Å². The first-order valence-electron chi connectivity index (χ1n) is 6.07. The first-order chi connectivity index (χ1) is 8.65. The van der Waals surface area contributed by atoms with Gasteiger partial charge >= 0.3 is 0 Å². The predicted octanol–water partition coefficient (Wildman–Crippen LogP) is 4.33. The normalized spacial score (nSPS) is 14.4. The summed E-state index contributed by atoms with van der Waals surface area (Å²) >= 11 is 9.24. The van der Waals surface area contributed by atoms with Crippen LogP contribution in [0.25, 0.3) is 0 Å². The number of halogens is 2. The Bertz CT molecular complexity index is 464. The molecule has 1 aromatic carbocycles. The number of hydrogen-bond donors (Lipinski definition) is 1. The third-order valence-electron chi connectivity index (χ3n) is 2.99. The minimum Gasteiger partial charge on any atom is -0.352 e. The van der Waals surface area contributed by atoms with Gasteiger partial charge in [-0.25, -0.2) is 0 Å². The number of rotatable bonds is 4. The van der Waals surface area contributed by atoms with Crippen LogP contribution in [0, 0.1) is 0 Å². The Labute approximate surface area is 121 Å². The lowest BCUT2D eigenvalue weighted by atomic mass is 10.1. The summed E-state index contributed by atoms with van der Waals surface area (Å²) in [5.41, 5.74) is 2.05. The van der Waals surface area contributed by atoms with Gasteiger partial charge in [0.15, 0.2) is 0 Å². The van der Waals surface area contributed by atoms with E-state index in [0.717, 1.165) is 10.9 Å². The molecule has 0 bridgehead atoms. The van der Waals surface area contributed by atoms with E-state index in [0.29, 0.717) is 17.1 Å². The molecule has 0 saturated heterocycles. The van der Waals surface area contributed by atoms with Crippen molar-refractivity contribution in [3.63, 3.8) is 0 Å². The van der Waals surface area contributed by atoms with E-state index in [-0.39, 0.29) is 5.91 Å². The monoisotopic (exact) mass is 327 g/mol. The van der Waals surface area contributed by atoms with Crippen molar-refractivity contribution in [1.82, 2.24) is 5.32 Å². The second kappa shape index (κ2) is 6.39. The first-order valence-corrected chi connectivity index (χ1v) is 7.24. The number of allylic oxidation sites excluding steroid dienone is 1. The van der Waals surface area contributed by atoms with Gasteiger partial charge in [0, 0.05) is 21.6 Å². The number of benzene rings is 1. The molecular formula is C14H15BrClNO. The molecule has 1 N–H and O–H groups in total. The van der Waals surface area contributed by atoms with Crippen LogP contribution < -0.4 is 5.32 Å². The maximum absolute atomic E-state index is 11.9. The number of carbonyl (C=O) groups is 1.